The van der Waals surface area contributed by atoms with Gasteiger partial charge in [0, 0.05) is 23.5 Å². The molecule has 3 heteroatoms. The van der Waals surface area contributed by atoms with Crippen LogP contribution in [0.4, 0.5) is 0 Å². The predicted octanol–water partition coefficient (Wildman–Crippen LogP) is 1.51. The zero-order valence-corrected chi connectivity index (χ0v) is 7.25. The van der Waals surface area contributed by atoms with Crippen LogP contribution in [0.25, 0.3) is 11.0 Å². The highest BCUT2D eigenvalue weighted by Gasteiger charge is 2.23. The molecule has 2 heterocycles. The second kappa shape index (κ2) is 2.33. The molecule has 0 radical (unpaired) electrons. The standard InChI is InChI=1S/C10H11N3/c11-7-4-3-6-9(7)13-8-2-1-5-12-10(6)8/h1-2,5,7,13H,3-4,11H2. The fraction of sp³-hybridized carbons (Fsp3) is 0.300. The number of rotatable bonds is 0. The van der Waals surface area contributed by atoms with Crippen molar-refractivity contribution in [3.63, 3.8) is 0 Å². The van der Waals surface area contributed by atoms with Crippen LogP contribution >= 0.6 is 0 Å². The lowest BCUT2D eigenvalue weighted by molar-refractivity contribution is 0.698. The van der Waals surface area contributed by atoms with Gasteiger partial charge in [-0.25, -0.2) is 0 Å². The molecular weight excluding hydrogens is 162 g/mol. The van der Waals surface area contributed by atoms with Crippen molar-refractivity contribution in [2.75, 3.05) is 0 Å². The maximum Gasteiger partial charge on any atom is 0.0914 e. The molecule has 0 fully saturated rings. The van der Waals surface area contributed by atoms with E-state index in [4.69, 9.17) is 5.73 Å². The molecule has 1 aliphatic rings. The zero-order valence-electron chi connectivity index (χ0n) is 7.25. The third kappa shape index (κ3) is 0.848. The average Bonchev–Trinajstić information content (AvgIpc) is 2.67. The Bertz CT molecular complexity index is 458. The van der Waals surface area contributed by atoms with E-state index in [-0.39, 0.29) is 6.04 Å². The number of aromatic nitrogens is 2. The number of aromatic amines is 1. The van der Waals surface area contributed by atoms with E-state index in [1.54, 1.807) is 0 Å². The van der Waals surface area contributed by atoms with Gasteiger partial charge in [0.15, 0.2) is 0 Å². The fourth-order valence-electron chi connectivity index (χ4n) is 2.11. The minimum atomic E-state index is 0.184. The van der Waals surface area contributed by atoms with E-state index in [0.29, 0.717) is 0 Å². The minimum Gasteiger partial charge on any atom is -0.356 e. The Labute approximate surface area is 76.0 Å². The number of hydrogen-bond acceptors (Lipinski definition) is 2. The number of nitrogens with two attached hydrogens (primary N) is 1. The van der Waals surface area contributed by atoms with Crippen molar-refractivity contribution >= 4 is 11.0 Å². The van der Waals surface area contributed by atoms with Crippen LogP contribution in [-0.4, -0.2) is 9.97 Å². The molecule has 0 bridgehead atoms. The number of nitrogens with zero attached hydrogens (tertiary/aromatic N) is 1. The highest BCUT2D eigenvalue weighted by atomic mass is 14.8. The molecular formula is C10H11N3. The molecule has 1 unspecified atom stereocenters. The number of hydrogen-bond donors (Lipinski definition) is 2. The van der Waals surface area contributed by atoms with Gasteiger partial charge in [-0.15, -0.1) is 0 Å². The molecule has 1 atom stereocenters. The van der Waals surface area contributed by atoms with Crippen molar-refractivity contribution in [2.24, 2.45) is 5.73 Å². The molecule has 1 aliphatic carbocycles. The Morgan fingerprint density at radius 3 is 3.38 bits per heavy atom. The first-order chi connectivity index (χ1) is 6.36. The lowest BCUT2D eigenvalue weighted by Crippen LogP contribution is -2.05. The number of H-pyrrole nitrogens is 1. The first-order valence-electron chi connectivity index (χ1n) is 4.57. The van der Waals surface area contributed by atoms with Gasteiger partial charge in [0.1, 0.15) is 0 Å². The van der Waals surface area contributed by atoms with Crippen LogP contribution in [0.2, 0.25) is 0 Å². The summed E-state index contributed by atoms with van der Waals surface area (Å²) in [6.45, 7) is 0. The molecule has 2 aromatic heterocycles. The summed E-state index contributed by atoms with van der Waals surface area (Å²) in [5.74, 6) is 0. The Hall–Kier alpha value is -1.35. The second-order valence-corrected chi connectivity index (χ2v) is 3.56. The van der Waals surface area contributed by atoms with Crippen LogP contribution in [0.3, 0.4) is 0 Å². The van der Waals surface area contributed by atoms with E-state index in [9.17, 15) is 0 Å². The summed E-state index contributed by atoms with van der Waals surface area (Å²) < 4.78 is 0. The van der Waals surface area contributed by atoms with Crippen LogP contribution in [0, 0.1) is 0 Å². The summed E-state index contributed by atoms with van der Waals surface area (Å²) in [6.07, 6.45) is 3.95. The molecule has 2 aromatic rings. The number of pyridine rings is 1. The van der Waals surface area contributed by atoms with Gasteiger partial charge in [-0.1, -0.05) is 0 Å². The largest absolute Gasteiger partial charge is 0.356 e. The third-order valence-electron chi connectivity index (χ3n) is 2.76. The van der Waals surface area contributed by atoms with Gasteiger partial charge in [-0.2, -0.15) is 0 Å². The number of nitrogens with one attached hydrogen (secondary N) is 1. The highest BCUT2D eigenvalue weighted by Crippen LogP contribution is 2.33. The summed E-state index contributed by atoms with van der Waals surface area (Å²) in [4.78, 5) is 7.70. The van der Waals surface area contributed by atoms with E-state index >= 15 is 0 Å². The Kier molecular flexibility index (Phi) is 1.27. The molecule has 66 valence electrons. The molecule has 0 spiro atoms. The van der Waals surface area contributed by atoms with Gasteiger partial charge in [0.25, 0.3) is 0 Å². The van der Waals surface area contributed by atoms with Crippen LogP contribution in [0.5, 0.6) is 0 Å². The summed E-state index contributed by atoms with van der Waals surface area (Å²) in [7, 11) is 0. The topological polar surface area (TPSA) is 54.7 Å². The van der Waals surface area contributed by atoms with E-state index < -0.39 is 0 Å². The number of fused-ring (bicyclic) bond motifs is 3. The second-order valence-electron chi connectivity index (χ2n) is 3.56. The molecule has 0 aliphatic heterocycles. The van der Waals surface area contributed by atoms with Crippen molar-refractivity contribution in [1.82, 2.24) is 9.97 Å². The predicted molar refractivity (Wildman–Crippen MR) is 51.3 cm³/mol. The van der Waals surface area contributed by atoms with E-state index in [0.717, 1.165) is 23.9 Å². The number of aryl methyl sites for hydroxylation is 1. The van der Waals surface area contributed by atoms with Crippen molar-refractivity contribution in [2.45, 2.75) is 18.9 Å². The molecule has 3 N–H and O–H groups in total. The van der Waals surface area contributed by atoms with Gasteiger partial charge in [0.05, 0.1) is 11.0 Å². The van der Waals surface area contributed by atoms with E-state index in [1.807, 2.05) is 18.3 Å². The maximum atomic E-state index is 5.95. The first-order valence-corrected chi connectivity index (χ1v) is 4.57. The van der Waals surface area contributed by atoms with Crippen LogP contribution in [0.15, 0.2) is 18.3 Å². The lowest BCUT2D eigenvalue weighted by atomic mass is 10.2. The molecule has 3 rings (SSSR count). The van der Waals surface area contributed by atoms with Crippen molar-refractivity contribution in [3.8, 4) is 0 Å². The molecule has 0 saturated heterocycles. The van der Waals surface area contributed by atoms with Crippen LogP contribution < -0.4 is 5.73 Å². The molecule has 0 aromatic carbocycles. The maximum absolute atomic E-state index is 5.95. The monoisotopic (exact) mass is 173 g/mol. The summed E-state index contributed by atoms with van der Waals surface area (Å²) >= 11 is 0. The highest BCUT2D eigenvalue weighted by molar-refractivity contribution is 5.81. The van der Waals surface area contributed by atoms with E-state index in [2.05, 4.69) is 9.97 Å². The van der Waals surface area contributed by atoms with Crippen LogP contribution in [0.1, 0.15) is 23.7 Å². The molecule has 0 amide bonds. The minimum absolute atomic E-state index is 0.184. The Morgan fingerprint density at radius 1 is 1.54 bits per heavy atom. The zero-order chi connectivity index (χ0) is 8.84. The normalized spacial score (nSPS) is 20.8. The van der Waals surface area contributed by atoms with Crippen molar-refractivity contribution < 1.29 is 0 Å². The Balaban J connectivity index is 2.38. The SMILES string of the molecule is NC1CCc2c1[nH]c1cccnc21. The quantitative estimate of drug-likeness (QED) is 0.634. The van der Waals surface area contributed by atoms with Gasteiger partial charge < -0.3 is 10.7 Å². The average molecular weight is 173 g/mol. The van der Waals surface area contributed by atoms with Gasteiger partial charge in [-0.3, -0.25) is 4.98 Å². The summed E-state index contributed by atoms with van der Waals surface area (Å²) in [6, 6.07) is 4.18. The van der Waals surface area contributed by atoms with Gasteiger partial charge in [0.2, 0.25) is 0 Å². The molecule has 13 heavy (non-hydrogen) atoms. The van der Waals surface area contributed by atoms with E-state index in [1.165, 1.54) is 11.3 Å². The smallest absolute Gasteiger partial charge is 0.0914 e. The van der Waals surface area contributed by atoms with Crippen LogP contribution in [-0.2, 0) is 6.42 Å². The lowest BCUT2D eigenvalue weighted by Gasteiger charge is -1.98. The molecule has 3 nitrogen and oxygen atoms in total. The molecule has 0 saturated carbocycles. The van der Waals surface area contributed by atoms with Crippen molar-refractivity contribution in [3.05, 3.63) is 29.6 Å². The van der Waals surface area contributed by atoms with Gasteiger partial charge >= 0.3 is 0 Å². The van der Waals surface area contributed by atoms with Gasteiger partial charge in [-0.05, 0) is 25.0 Å². The fourth-order valence-corrected chi connectivity index (χ4v) is 2.11. The first kappa shape index (κ1) is 7.09. The summed E-state index contributed by atoms with van der Waals surface area (Å²) in [5, 5.41) is 0. The Morgan fingerprint density at radius 2 is 2.46 bits per heavy atom. The van der Waals surface area contributed by atoms with Crippen molar-refractivity contribution in [1.29, 1.82) is 0 Å². The third-order valence-corrected chi connectivity index (χ3v) is 2.76. The summed E-state index contributed by atoms with van der Waals surface area (Å²) in [5.41, 5.74) is 10.7.